The van der Waals surface area contributed by atoms with Crippen LogP contribution in [0.2, 0.25) is 0 Å². The van der Waals surface area contributed by atoms with Crippen molar-refractivity contribution >= 4 is 34.8 Å². The highest BCUT2D eigenvalue weighted by molar-refractivity contribution is 7.15. The molecule has 0 bridgehead atoms. The molecule has 1 aromatic heterocycles. The Morgan fingerprint density at radius 1 is 1.30 bits per heavy atom. The van der Waals surface area contributed by atoms with Gasteiger partial charge in [0.05, 0.1) is 0 Å². The summed E-state index contributed by atoms with van der Waals surface area (Å²) in [6.45, 7) is 3.00. The number of carbonyl (C=O) groups excluding carboxylic acids is 1. The second-order valence-electron chi connectivity index (χ2n) is 6.64. The molecule has 1 amide bonds. The summed E-state index contributed by atoms with van der Waals surface area (Å²) in [6, 6.07) is 0.358. The molecule has 3 N–H and O–H groups in total. The van der Waals surface area contributed by atoms with Crippen molar-refractivity contribution < 1.29 is 4.79 Å². The van der Waals surface area contributed by atoms with E-state index in [1.54, 1.807) is 11.3 Å². The molecule has 130 valence electrons. The first kappa shape index (κ1) is 18.5. The average Bonchev–Trinajstić information content (AvgIpc) is 3.13. The van der Waals surface area contributed by atoms with Gasteiger partial charge < -0.3 is 11.1 Å². The van der Waals surface area contributed by atoms with Crippen molar-refractivity contribution in [3.05, 3.63) is 11.1 Å². The zero-order chi connectivity index (χ0) is 15.4. The highest BCUT2D eigenvalue weighted by atomic mass is 35.5. The third-order valence-corrected chi connectivity index (χ3v) is 5.66. The number of hydrogen-bond donors (Lipinski definition) is 2. The number of halogens is 1. The van der Waals surface area contributed by atoms with Crippen LogP contribution in [0, 0.1) is 5.92 Å². The third-order valence-electron chi connectivity index (χ3n) is 4.85. The van der Waals surface area contributed by atoms with Gasteiger partial charge in [-0.15, -0.1) is 23.7 Å². The Hall–Kier alpha value is -0.850. The predicted octanol–water partition coefficient (Wildman–Crippen LogP) is 2.81. The first-order valence-corrected chi connectivity index (χ1v) is 9.22. The minimum Gasteiger partial charge on any atom is -0.375 e. The third kappa shape index (κ3) is 5.62. The molecule has 1 saturated heterocycles. The Morgan fingerprint density at radius 2 is 2.00 bits per heavy atom. The summed E-state index contributed by atoms with van der Waals surface area (Å²) in [6.07, 6.45) is 9.79. The van der Waals surface area contributed by atoms with Crippen molar-refractivity contribution in [1.82, 2.24) is 15.2 Å². The van der Waals surface area contributed by atoms with Crippen LogP contribution >= 0.6 is 23.7 Å². The van der Waals surface area contributed by atoms with Gasteiger partial charge in [0, 0.05) is 43.2 Å². The van der Waals surface area contributed by atoms with Crippen LogP contribution in [0.5, 0.6) is 0 Å². The van der Waals surface area contributed by atoms with Crippen molar-refractivity contribution in [2.75, 3.05) is 18.8 Å². The number of rotatable bonds is 5. The highest BCUT2D eigenvalue weighted by Crippen LogP contribution is 2.27. The molecule has 1 aliphatic heterocycles. The Balaban J connectivity index is 0.00000192. The number of nitrogens with one attached hydrogen (secondary N) is 1. The van der Waals surface area contributed by atoms with Crippen molar-refractivity contribution in [1.29, 1.82) is 0 Å². The van der Waals surface area contributed by atoms with Crippen molar-refractivity contribution in [3.63, 3.8) is 0 Å². The van der Waals surface area contributed by atoms with Crippen LogP contribution in [-0.2, 0) is 11.3 Å². The second-order valence-corrected chi connectivity index (χ2v) is 7.78. The van der Waals surface area contributed by atoms with Gasteiger partial charge in [-0.1, -0.05) is 12.8 Å². The van der Waals surface area contributed by atoms with E-state index in [-0.39, 0.29) is 18.3 Å². The number of hydrogen-bond acceptors (Lipinski definition) is 5. The molecule has 5 nitrogen and oxygen atoms in total. The van der Waals surface area contributed by atoms with Crippen LogP contribution < -0.4 is 11.1 Å². The second kappa shape index (κ2) is 8.85. The van der Waals surface area contributed by atoms with Gasteiger partial charge in [-0.2, -0.15) is 0 Å². The van der Waals surface area contributed by atoms with E-state index in [1.807, 2.05) is 6.20 Å². The van der Waals surface area contributed by atoms with Crippen LogP contribution in [-0.4, -0.2) is 34.9 Å². The number of amides is 1. The number of aromatic nitrogens is 1. The van der Waals surface area contributed by atoms with Gasteiger partial charge in [-0.05, 0) is 31.6 Å². The molecule has 1 aromatic rings. The Kier molecular flexibility index (Phi) is 7.11. The molecule has 1 aliphatic carbocycles. The fourth-order valence-corrected chi connectivity index (χ4v) is 4.34. The highest BCUT2D eigenvalue weighted by Gasteiger charge is 2.23. The summed E-state index contributed by atoms with van der Waals surface area (Å²) in [5.74, 6) is 0.900. The first-order valence-electron chi connectivity index (χ1n) is 8.41. The molecule has 1 saturated carbocycles. The Morgan fingerprint density at radius 3 is 2.61 bits per heavy atom. The standard InChI is InChI=1S/C16H26N4OS.ClH/c17-16-18-10-14(22-16)11-20-7-5-13(6-8-20)19-15(21)9-12-3-1-2-4-12;/h10,12-13H,1-9,11H2,(H2,17,18)(H,19,21);1H. The summed E-state index contributed by atoms with van der Waals surface area (Å²) >= 11 is 1.57. The maximum absolute atomic E-state index is 12.1. The van der Waals surface area contributed by atoms with Gasteiger partial charge >= 0.3 is 0 Å². The van der Waals surface area contributed by atoms with Gasteiger partial charge in [0.2, 0.25) is 5.91 Å². The molecule has 2 heterocycles. The van der Waals surface area contributed by atoms with E-state index < -0.39 is 0 Å². The summed E-state index contributed by atoms with van der Waals surface area (Å²) in [7, 11) is 0. The van der Waals surface area contributed by atoms with Gasteiger partial charge in [0.1, 0.15) is 0 Å². The fraction of sp³-hybridized carbons (Fsp3) is 0.750. The SMILES string of the molecule is Cl.Nc1ncc(CN2CCC(NC(=O)CC3CCCC3)CC2)s1. The van der Waals surface area contributed by atoms with E-state index in [9.17, 15) is 4.79 Å². The van der Waals surface area contributed by atoms with Crippen molar-refractivity contribution in [3.8, 4) is 0 Å². The predicted molar refractivity (Wildman–Crippen MR) is 96.8 cm³/mol. The van der Waals surface area contributed by atoms with Crippen LogP contribution in [0.4, 0.5) is 5.13 Å². The lowest BCUT2D eigenvalue weighted by Gasteiger charge is -2.32. The summed E-state index contributed by atoms with van der Waals surface area (Å²) in [5, 5.41) is 3.88. The van der Waals surface area contributed by atoms with Gasteiger partial charge in [-0.25, -0.2) is 4.98 Å². The zero-order valence-electron chi connectivity index (χ0n) is 13.5. The minimum absolute atomic E-state index is 0. The van der Waals surface area contributed by atoms with Gasteiger partial charge in [-0.3, -0.25) is 9.69 Å². The summed E-state index contributed by atoms with van der Waals surface area (Å²) < 4.78 is 0. The minimum atomic E-state index is 0. The largest absolute Gasteiger partial charge is 0.375 e. The molecular formula is C16H27ClN4OS. The van der Waals surface area contributed by atoms with Crippen molar-refractivity contribution in [2.24, 2.45) is 5.92 Å². The summed E-state index contributed by atoms with van der Waals surface area (Å²) in [4.78, 5) is 19.8. The van der Waals surface area contributed by atoms with E-state index in [2.05, 4.69) is 15.2 Å². The molecular weight excluding hydrogens is 332 g/mol. The van der Waals surface area contributed by atoms with Crippen LogP contribution in [0.15, 0.2) is 6.20 Å². The van der Waals surface area contributed by atoms with Crippen LogP contribution in [0.1, 0.15) is 49.8 Å². The number of likely N-dealkylation sites (tertiary alicyclic amines) is 1. The zero-order valence-corrected chi connectivity index (χ0v) is 15.1. The molecule has 3 rings (SSSR count). The molecule has 0 unspecified atom stereocenters. The van der Waals surface area contributed by atoms with E-state index in [1.165, 1.54) is 30.6 Å². The number of nitrogen functional groups attached to an aromatic ring is 1. The lowest BCUT2D eigenvalue weighted by Crippen LogP contribution is -2.44. The number of carbonyl (C=O) groups is 1. The van der Waals surface area contributed by atoms with Crippen molar-refractivity contribution in [2.45, 2.75) is 57.5 Å². The maximum Gasteiger partial charge on any atom is 0.220 e. The molecule has 0 spiro atoms. The lowest BCUT2D eigenvalue weighted by molar-refractivity contribution is -0.123. The number of piperidine rings is 1. The molecule has 23 heavy (non-hydrogen) atoms. The number of nitrogens with two attached hydrogens (primary N) is 1. The van der Waals surface area contributed by atoms with E-state index in [0.717, 1.165) is 38.9 Å². The normalized spacial score (nSPS) is 20.3. The molecule has 2 fully saturated rings. The average molecular weight is 359 g/mol. The Bertz CT molecular complexity index is 496. The van der Waals surface area contributed by atoms with Gasteiger partial charge in [0.15, 0.2) is 5.13 Å². The number of nitrogens with zero attached hydrogens (tertiary/aromatic N) is 2. The van der Waals surface area contributed by atoms with Crippen LogP contribution in [0.3, 0.4) is 0 Å². The van der Waals surface area contributed by atoms with E-state index >= 15 is 0 Å². The van der Waals surface area contributed by atoms with E-state index in [0.29, 0.717) is 17.1 Å². The number of anilines is 1. The Labute approximate surface area is 148 Å². The monoisotopic (exact) mass is 358 g/mol. The summed E-state index contributed by atoms with van der Waals surface area (Å²) in [5.41, 5.74) is 5.67. The molecule has 0 atom stereocenters. The smallest absolute Gasteiger partial charge is 0.220 e. The quantitative estimate of drug-likeness (QED) is 0.849. The topological polar surface area (TPSA) is 71.2 Å². The van der Waals surface area contributed by atoms with E-state index in [4.69, 9.17) is 5.73 Å². The molecule has 2 aliphatic rings. The number of thiazole rings is 1. The lowest BCUT2D eigenvalue weighted by atomic mass is 10.0. The maximum atomic E-state index is 12.1. The molecule has 0 aromatic carbocycles. The fourth-order valence-electron chi connectivity index (χ4n) is 3.61. The van der Waals surface area contributed by atoms with Gasteiger partial charge in [0.25, 0.3) is 0 Å². The molecule has 7 heteroatoms. The van der Waals surface area contributed by atoms with Crippen LogP contribution in [0.25, 0.3) is 0 Å². The molecule has 0 radical (unpaired) electrons. The first-order chi connectivity index (χ1) is 10.7.